The van der Waals surface area contributed by atoms with Gasteiger partial charge in [-0.25, -0.2) is 4.90 Å². The second kappa shape index (κ2) is 7.38. The number of hydrogen-bond donors (Lipinski definition) is 1. The van der Waals surface area contributed by atoms with Gasteiger partial charge in [-0.2, -0.15) is 5.26 Å². The lowest BCUT2D eigenvalue weighted by molar-refractivity contribution is -0.120. The molecule has 2 heterocycles. The minimum atomic E-state index is -0.415. The van der Waals surface area contributed by atoms with Gasteiger partial charge in [0.25, 0.3) is 11.8 Å². The third-order valence-electron chi connectivity index (χ3n) is 4.60. The predicted molar refractivity (Wildman–Crippen MR) is 114 cm³/mol. The standard InChI is InChI=1S/C23H17N3O2S/c1-14-10-15(2)12-17(11-14)25-21-20(19-4-3-9-29-19)22(27)26(23(21)28)18-7-5-16(13-24)6-8-18/h3-12,25H,1-2H3. The molecule has 6 heteroatoms. The third-order valence-corrected chi connectivity index (χ3v) is 5.48. The molecule has 0 fully saturated rings. The zero-order valence-electron chi connectivity index (χ0n) is 15.9. The molecule has 0 unspecified atom stereocenters. The second-order valence-electron chi connectivity index (χ2n) is 6.83. The number of anilines is 2. The maximum absolute atomic E-state index is 13.3. The van der Waals surface area contributed by atoms with Crippen LogP contribution in [-0.4, -0.2) is 11.8 Å². The molecule has 1 N–H and O–H groups in total. The van der Waals surface area contributed by atoms with Gasteiger partial charge in [-0.1, -0.05) is 12.1 Å². The number of rotatable bonds is 4. The highest BCUT2D eigenvalue weighted by Gasteiger charge is 2.40. The van der Waals surface area contributed by atoms with Crippen LogP contribution in [0.5, 0.6) is 0 Å². The summed E-state index contributed by atoms with van der Waals surface area (Å²) in [5.74, 6) is -0.795. The normalized spacial score (nSPS) is 13.8. The number of amides is 2. The molecule has 0 spiro atoms. The number of aryl methyl sites for hydroxylation is 2. The van der Waals surface area contributed by atoms with E-state index in [0.29, 0.717) is 16.8 Å². The van der Waals surface area contributed by atoms with Crippen LogP contribution < -0.4 is 10.2 Å². The second-order valence-corrected chi connectivity index (χ2v) is 7.78. The van der Waals surface area contributed by atoms with Gasteiger partial charge in [0.15, 0.2) is 0 Å². The van der Waals surface area contributed by atoms with Crippen molar-refractivity contribution < 1.29 is 9.59 Å². The van der Waals surface area contributed by atoms with Gasteiger partial charge in [0.2, 0.25) is 0 Å². The van der Waals surface area contributed by atoms with Crippen LogP contribution in [0, 0.1) is 25.2 Å². The Morgan fingerprint density at radius 3 is 2.24 bits per heavy atom. The molecule has 5 nitrogen and oxygen atoms in total. The number of benzene rings is 2. The van der Waals surface area contributed by atoms with Gasteiger partial charge in [0.1, 0.15) is 5.70 Å². The third kappa shape index (κ3) is 3.44. The molecule has 1 aromatic heterocycles. The molecule has 3 aromatic rings. The van der Waals surface area contributed by atoms with Crippen LogP contribution in [0.3, 0.4) is 0 Å². The van der Waals surface area contributed by atoms with Crippen molar-refractivity contribution in [2.24, 2.45) is 0 Å². The predicted octanol–water partition coefficient (Wildman–Crippen LogP) is 4.63. The Balaban J connectivity index is 1.79. The summed E-state index contributed by atoms with van der Waals surface area (Å²) < 4.78 is 0. The summed E-state index contributed by atoms with van der Waals surface area (Å²) in [6.07, 6.45) is 0. The first-order valence-corrected chi connectivity index (χ1v) is 9.88. The lowest BCUT2D eigenvalue weighted by atomic mass is 10.1. The van der Waals surface area contributed by atoms with Crippen LogP contribution >= 0.6 is 11.3 Å². The zero-order valence-corrected chi connectivity index (χ0v) is 16.7. The van der Waals surface area contributed by atoms with E-state index in [2.05, 4.69) is 5.32 Å². The Kier molecular flexibility index (Phi) is 4.75. The van der Waals surface area contributed by atoms with Gasteiger partial charge >= 0.3 is 0 Å². The molecule has 0 saturated carbocycles. The number of carbonyl (C=O) groups excluding carboxylic acids is 2. The first-order chi connectivity index (χ1) is 14.0. The summed E-state index contributed by atoms with van der Waals surface area (Å²) in [6, 6.07) is 18.1. The SMILES string of the molecule is Cc1cc(C)cc(NC2=C(c3cccs3)C(=O)N(c3ccc(C#N)cc3)C2=O)c1. The molecule has 0 atom stereocenters. The molecular formula is C23H17N3O2S. The number of hydrogen-bond acceptors (Lipinski definition) is 5. The summed E-state index contributed by atoms with van der Waals surface area (Å²) in [4.78, 5) is 28.4. The fourth-order valence-corrected chi connectivity index (χ4v) is 4.17. The van der Waals surface area contributed by atoms with E-state index < -0.39 is 5.91 Å². The van der Waals surface area contributed by atoms with Crippen LogP contribution in [-0.2, 0) is 9.59 Å². The first-order valence-electron chi connectivity index (χ1n) is 9.00. The summed E-state index contributed by atoms with van der Waals surface area (Å²) in [6.45, 7) is 3.97. The molecule has 29 heavy (non-hydrogen) atoms. The van der Waals surface area contributed by atoms with Gasteiger partial charge in [-0.3, -0.25) is 9.59 Å². The van der Waals surface area contributed by atoms with Gasteiger partial charge in [-0.15, -0.1) is 11.3 Å². The molecule has 0 aliphatic carbocycles. The minimum Gasteiger partial charge on any atom is -0.350 e. The molecule has 1 aliphatic heterocycles. The van der Waals surface area contributed by atoms with Crippen molar-refractivity contribution in [1.82, 2.24) is 0 Å². The van der Waals surface area contributed by atoms with Crippen molar-refractivity contribution in [3.05, 3.63) is 87.2 Å². The summed E-state index contributed by atoms with van der Waals surface area (Å²) in [5, 5.41) is 14.1. The lowest BCUT2D eigenvalue weighted by Gasteiger charge is -2.15. The van der Waals surface area contributed by atoms with Crippen LogP contribution in [0.2, 0.25) is 0 Å². The summed E-state index contributed by atoms with van der Waals surface area (Å²) >= 11 is 1.41. The van der Waals surface area contributed by atoms with Crippen LogP contribution in [0.15, 0.2) is 65.7 Å². The molecule has 4 rings (SSSR count). The lowest BCUT2D eigenvalue weighted by Crippen LogP contribution is -2.32. The van der Waals surface area contributed by atoms with E-state index >= 15 is 0 Å². The fraction of sp³-hybridized carbons (Fsp3) is 0.0870. The molecule has 1 aliphatic rings. The molecule has 0 bridgehead atoms. The number of thiophene rings is 1. The maximum atomic E-state index is 13.3. The molecule has 2 amide bonds. The van der Waals surface area contributed by atoms with Crippen molar-refractivity contribution in [2.75, 3.05) is 10.2 Å². The van der Waals surface area contributed by atoms with E-state index in [9.17, 15) is 9.59 Å². The zero-order chi connectivity index (χ0) is 20.5. The minimum absolute atomic E-state index is 0.256. The van der Waals surface area contributed by atoms with Gasteiger partial charge in [-0.05, 0) is 72.8 Å². The number of carbonyl (C=O) groups is 2. The average molecular weight is 399 g/mol. The van der Waals surface area contributed by atoms with Gasteiger partial charge in [0, 0.05) is 10.6 Å². The molecule has 0 saturated heterocycles. The quantitative estimate of drug-likeness (QED) is 0.649. The van der Waals surface area contributed by atoms with E-state index in [-0.39, 0.29) is 11.6 Å². The van der Waals surface area contributed by atoms with Crippen molar-refractivity contribution >= 4 is 40.1 Å². The van der Waals surface area contributed by atoms with E-state index in [1.54, 1.807) is 24.3 Å². The smallest absolute Gasteiger partial charge is 0.282 e. The first kappa shape index (κ1) is 18.7. The Hall–Kier alpha value is -3.69. The van der Waals surface area contributed by atoms with E-state index in [1.165, 1.54) is 11.3 Å². The van der Waals surface area contributed by atoms with Crippen LogP contribution in [0.25, 0.3) is 5.57 Å². The Morgan fingerprint density at radius 1 is 0.966 bits per heavy atom. The van der Waals surface area contributed by atoms with Crippen molar-refractivity contribution in [3.8, 4) is 6.07 Å². The van der Waals surface area contributed by atoms with Crippen molar-refractivity contribution in [2.45, 2.75) is 13.8 Å². The number of nitrogens with one attached hydrogen (secondary N) is 1. The molecular weight excluding hydrogens is 382 g/mol. The topological polar surface area (TPSA) is 73.2 Å². The average Bonchev–Trinajstić information content (AvgIpc) is 3.28. The van der Waals surface area contributed by atoms with Crippen molar-refractivity contribution in [3.63, 3.8) is 0 Å². The monoisotopic (exact) mass is 399 g/mol. The van der Waals surface area contributed by atoms with E-state index in [4.69, 9.17) is 5.26 Å². The summed E-state index contributed by atoms with van der Waals surface area (Å²) in [5.41, 5.74) is 4.39. The number of nitriles is 1. The largest absolute Gasteiger partial charge is 0.350 e. The molecule has 0 radical (unpaired) electrons. The Bertz CT molecular complexity index is 1170. The molecule has 142 valence electrons. The highest BCUT2D eigenvalue weighted by Crippen LogP contribution is 2.35. The van der Waals surface area contributed by atoms with Crippen LogP contribution in [0.1, 0.15) is 21.6 Å². The number of nitrogens with zero attached hydrogens (tertiary/aromatic N) is 2. The maximum Gasteiger partial charge on any atom is 0.282 e. The Morgan fingerprint density at radius 2 is 1.66 bits per heavy atom. The Labute approximate surface area is 172 Å². The summed E-state index contributed by atoms with van der Waals surface area (Å²) in [7, 11) is 0. The van der Waals surface area contributed by atoms with Gasteiger partial charge < -0.3 is 5.32 Å². The fourth-order valence-electron chi connectivity index (χ4n) is 3.41. The van der Waals surface area contributed by atoms with Crippen molar-refractivity contribution in [1.29, 1.82) is 5.26 Å². The van der Waals surface area contributed by atoms with Gasteiger partial charge in [0.05, 0.1) is 22.9 Å². The highest BCUT2D eigenvalue weighted by atomic mass is 32.1. The van der Waals surface area contributed by atoms with E-state index in [1.807, 2.05) is 55.6 Å². The van der Waals surface area contributed by atoms with E-state index in [0.717, 1.165) is 26.6 Å². The molecule has 2 aromatic carbocycles. The van der Waals surface area contributed by atoms with Crippen LogP contribution in [0.4, 0.5) is 11.4 Å². The highest BCUT2D eigenvalue weighted by molar-refractivity contribution is 7.11. The number of imide groups is 1.